The molecule has 2 aliphatic rings. The summed E-state index contributed by atoms with van der Waals surface area (Å²) in [6, 6.07) is 6.94. The molecule has 0 saturated carbocycles. The van der Waals surface area contributed by atoms with Gasteiger partial charge in [0.15, 0.2) is 0 Å². The van der Waals surface area contributed by atoms with Crippen LogP contribution in [0.15, 0.2) is 49.2 Å². The van der Waals surface area contributed by atoms with Gasteiger partial charge in [-0.2, -0.15) is 13.2 Å². The molecular weight excluding hydrogens is 589 g/mol. The van der Waals surface area contributed by atoms with Gasteiger partial charge >= 0.3 is 6.18 Å². The minimum Gasteiger partial charge on any atom is -0.488 e. The number of nitrogens with one attached hydrogen (secondary N) is 1. The molecule has 1 N–H and O–H groups in total. The summed E-state index contributed by atoms with van der Waals surface area (Å²) in [5.41, 5.74) is -0.276. The van der Waals surface area contributed by atoms with Crippen molar-refractivity contribution in [2.75, 3.05) is 31.5 Å². The first-order valence-electron chi connectivity index (χ1n) is 15.2. The Balaban J connectivity index is 0.00000226. The van der Waals surface area contributed by atoms with Crippen LogP contribution in [0.5, 0.6) is 5.75 Å². The summed E-state index contributed by atoms with van der Waals surface area (Å²) in [4.78, 5) is 49.2. The number of benzene rings is 1. The summed E-state index contributed by atoms with van der Waals surface area (Å²) >= 11 is 0. The number of likely N-dealkylation sites (tertiary alicyclic amines) is 2. The zero-order valence-electron chi connectivity index (χ0n) is 25.8. The molecule has 2 saturated heterocycles. The minimum absolute atomic E-state index is 0.0163. The van der Waals surface area contributed by atoms with Crippen LogP contribution < -0.4 is 10.1 Å². The van der Waals surface area contributed by atoms with Crippen molar-refractivity contribution in [2.45, 2.75) is 71.2 Å². The van der Waals surface area contributed by atoms with E-state index in [0.29, 0.717) is 68.3 Å². The smallest absolute Gasteiger partial charge is 0.433 e. The first-order valence-corrected chi connectivity index (χ1v) is 15.2. The second-order valence-electron chi connectivity index (χ2n) is 10.8. The third-order valence-corrected chi connectivity index (χ3v) is 7.89. The molecule has 3 aromatic rings. The number of carbonyl (C=O) groups is 3. The van der Waals surface area contributed by atoms with E-state index in [4.69, 9.17) is 4.74 Å². The number of fused-ring (bicyclic) bond motifs is 1. The molecule has 5 rings (SSSR count). The van der Waals surface area contributed by atoms with Gasteiger partial charge in [0.1, 0.15) is 23.1 Å². The largest absolute Gasteiger partial charge is 0.488 e. The van der Waals surface area contributed by atoms with Crippen LogP contribution in [0.1, 0.15) is 75.0 Å². The van der Waals surface area contributed by atoms with Crippen LogP contribution in [0.2, 0.25) is 0 Å². The van der Waals surface area contributed by atoms with E-state index in [1.165, 1.54) is 12.1 Å². The summed E-state index contributed by atoms with van der Waals surface area (Å²) in [6.07, 6.45) is 0.850. The number of carbonyl (C=O) groups excluding carboxylic acids is 3. The normalized spacial score (nSPS) is 17.6. The van der Waals surface area contributed by atoms with Crippen LogP contribution in [0, 0.1) is 0 Å². The molecule has 2 aromatic heterocycles. The molecule has 2 aliphatic heterocycles. The second-order valence-corrected chi connectivity index (χ2v) is 10.8. The Labute approximate surface area is 260 Å². The van der Waals surface area contributed by atoms with Crippen LogP contribution >= 0.6 is 0 Å². The first-order chi connectivity index (χ1) is 21.5. The van der Waals surface area contributed by atoms with Gasteiger partial charge in [-0.05, 0) is 49.6 Å². The van der Waals surface area contributed by atoms with E-state index in [2.05, 4.69) is 21.9 Å². The lowest BCUT2D eigenvalue weighted by Gasteiger charge is -2.32. The molecule has 0 bridgehead atoms. The molecule has 13 heteroatoms. The molecule has 45 heavy (non-hydrogen) atoms. The first kappa shape index (κ1) is 33.5. The fourth-order valence-corrected chi connectivity index (χ4v) is 5.68. The van der Waals surface area contributed by atoms with Crippen molar-refractivity contribution in [1.82, 2.24) is 24.3 Å². The van der Waals surface area contributed by atoms with Crippen molar-refractivity contribution in [1.29, 1.82) is 0 Å². The SMILES string of the molecule is C=CC(=O)N1CCCCC(n2c(NC(=O)c3ccnc(C(F)(F)F)c3)nc3cccc(OC4CCN(C(C)=O)CC4)c32)C1.CC. The third-order valence-electron chi connectivity index (χ3n) is 7.89. The van der Waals surface area contributed by atoms with Crippen LogP contribution in [0.4, 0.5) is 19.1 Å². The molecule has 3 amide bonds. The predicted molar refractivity (Wildman–Crippen MR) is 164 cm³/mol. The van der Waals surface area contributed by atoms with Gasteiger partial charge in [0, 0.05) is 57.7 Å². The lowest BCUT2D eigenvalue weighted by atomic mass is 10.1. The van der Waals surface area contributed by atoms with Crippen molar-refractivity contribution in [3.63, 3.8) is 0 Å². The minimum atomic E-state index is -4.71. The van der Waals surface area contributed by atoms with Crippen LogP contribution in [0.3, 0.4) is 0 Å². The van der Waals surface area contributed by atoms with Gasteiger partial charge in [0.25, 0.3) is 5.91 Å². The maximum absolute atomic E-state index is 13.3. The number of pyridine rings is 1. The van der Waals surface area contributed by atoms with Gasteiger partial charge in [0.2, 0.25) is 17.8 Å². The van der Waals surface area contributed by atoms with E-state index in [1.807, 2.05) is 24.5 Å². The number of rotatable bonds is 6. The number of alkyl halides is 3. The Kier molecular flexibility index (Phi) is 10.8. The van der Waals surface area contributed by atoms with Crippen molar-refractivity contribution < 1.29 is 32.3 Å². The van der Waals surface area contributed by atoms with Gasteiger partial charge in [-0.15, -0.1) is 0 Å². The number of anilines is 1. The summed E-state index contributed by atoms with van der Waals surface area (Å²) in [7, 11) is 0. The van der Waals surface area contributed by atoms with Gasteiger partial charge in [0.05, 0.1) is 11.6 Å². The molecule has 1 atom stereocenters. The lowest BCUT2D eigenvalue weighted by molar-refractivity contribution is -0.141. The molecular formula is C32H39F3N6O4. The number of piperidine rings is 1. The molecule has 10 nitrogen and oxygen atoms in total. The van der Waals surface area contributed by atoms with Gasteiger partial charge < -0.3 is 19.1 Å². The number of hydrogen-bond donors (Lipinski definition) is 1. The molecule has 4 heterocycles. The van der Waals surface area contributed by atoms with Gasteiger partial charge in [-0.25, -0.2) is 4.98 Å². The number of ether oxygens (including phenoxy) is 1. The van der Waals surface area contributed by atoms with E-state index in [-0.39, 0.29) is 35.5 Å². The number of nitrogens with zero attached hydrogens (tertiary/aromatic N) is 5. The number of hydrogen-bond acceptors (Lipinski definition) is 6. The summed E-state index contributed by atoms with van der Waals surface area (Å²) < 4.78 is 48.2. The topological polar surface area (TPSA) is 110 Å². The summed E-state index contributed by atoms with van der Waals surface area (Å²) in [6.45, 7) is 11.2. The van der Waals surface area contributed by atoms with Crippen LogP contribution in [-0.4, -0.2) is 74.3 Å². The number of para-hydroxylation sites is 1. The Morgan fingerprint density at radius 2 is 1.78 bits per heavy atom. The number of imidazole rings is 1. The monoisotopic (exact) mass is 628 g/mol. The second kappa shape index (κ2) is 14.6. The molecule has 1 aromatic carbocycles. The Morgan fingerprint density at radius 3 is 2.44 bits per heavy atom. The number of amides is 3. The van der Waals surface area contributed by atoms with Crippen LogP contribution in [-0.2, 0) is 15.8 Å². The third kappa shape index (κ3) is 7.81. The summed E-state index contributed by atoms with van der Waals surface area (Å²) in [5.74, 6) is -0.322. The standard InChI is InChI=1S/C30H33F3N6O4.C2H6/c1-3-26(41)38-14-5-4-7-21(18-38)39-27-23(8-6-9-24(27)43-22-11-15-37(16-12-22)19(2)40)35-29(39)36-28(42)20-10-13-34-25(17-20)30(31,32)33;1-2/h3,6,8-10,13,17,21-22H,1,4-5,7,11-12,14-16,18H2,2H3,(H,35,36,42);1-2H3. The fraction of sp³-hybridized carbons (Fsp3) is 0.469. The Bertz CT molecular complexity index is 1530. The zero-order chi connectivity index (χ0) is 32.7. The molecule has 0 spiro atoms. The Hall–Kier alpha value is -4.42. The highest BCUT2D eigenvalue weighted by Crippen LogP contribution is 2.36. The maximum atomic E-state index is 13.3. The average Bonchev–Trinajstić information content (AvgIpc) is 3.22. The van der Waals surface area contributed by atoms with E-state index in [1.54, 1.807) is 28.9 Å². The quantitative estimate of drug-likeness (QED) is 0.343. The highest BCUT2D eigenvalue weighted by molar-refractivity contribution is 6.04. The molecule has 1 unspecified atom stereocenters. The number of halogens is 3. The van der Waals surface area contributed by atoms with E-state index in [9.17, 15) is 27.6 Å². The van der Waals surface area contributed by atoms with Crippen molar-refractivity contribution >= 4 is 34.7 Å². The van der Waals surface area contributed by atoms with Gasteiger partial charge in [-0.3, -0.25) is 24.7 Å². The van der Waals surface area contributed by atoms with E-state index in [0.717, 1.165) is 19.0 Å². The molecule has 0 radical (unpaired) electrons. The van der Waals surface area contributed by atoms with Crippen molar-refractivity contribution in [3.8, 4) is 5.75 Å². The maximum Gasteiger partial charge on any atom is 0.433 e. The van der Waals surface area contributed by atoms with Crippen molar-refractivity contribution in [3.05, 3.63) is 60.4 Å². The summed E-state index contributed by atoms with van der Waals surface area (Å²) in [5, 5.41) is 2.71. The zero-order valence-corrected chi connectivity index (χ0v) is 25.8. The fourth-order valence-electron chi connectivity index (χ4n) is 5.68. The van der Waals surface area contributed by atoms with E-state index >= 15 is 0 Å². The van der Waals surface area contributed by atoms with E-state index < -0.39 is 17.8 Å². The van der Waals surface area contributed by atoms with Crippen LogP contribution in [0.25, 0.3) is 11.0 Å². The molecule has 2 fully saturated rings. The molecule has 0 aliphatic carbocycles. The number of aromatic nitrogens is 3. The predicted octanol–water partition coefficient (Wildman–Crippen LogP) is 5.86. The highest BCUT2D eigenvalue weighted by Gasteiger charge is 2.34. The Morgan fingerprint density at radius 1 is 1.04 bits per heavy atom. The van der Waals surface area contributed by atoms with Crippen molar-refractivity contribution in [2.24, 2.45) is 0 Å². The highest BCUT2D eigenvalue weighted by atomic mass is 19.4. The molecule has 242 valence electrons. The lowest BCUT2D eigenvalue weighted by Crippen LogP contribution is -2.40. The average molecular weight is 629 g/mol. The van der Waals surface area contributed by atoms with Gasteiger partial charge in [-0.1, -0.05) is 26.5 Å².